The molecule has 1 saturated heterocycles. The van der Waals surface area contributed by atoms with E-state index in [4.69, 9.17) is 0 Å². The molecule has 0 aliphatic carbocycles. The Balaban J connectivity index is 1.31. The number of fused-ring (bicyclic) bond motifs is 1. The Labute approximate surface area is 198 Å². The van der Waals surface area contributed by atoms with E-state index in [-0.39, 0.29) is 11.5 Å². The Morgan fingerprint density at radius 2 is 1.50 bits per heavy atom. The highest BCUT2D eigenvalue weighted by atomic mass is 16.1. The largest absolute Gasteiger partial charge is 0.369 e. The smallest absolute Gasteiger partial charge is 0.265 e. The van der Waals surface area contributed by atoms with E-state index in [9.17, 15) is 9.59 Å². The van der Waals surface area contributed by atoms with Gasteiger partial charge in [-0.05, 0) is 74.6 Å². The molecule has 7 nitrogen and oxygen atoms in total. The molecule has 1 fully saturated rings. The van der Waals surface area contributed by atoms with E-state index in [1.165, 1.54) is 5.69 Å². The molecule has 1 aliphatic heterocycles. The Hall–Kier alpha value is -3.97. The van der Waals surface area contributed by atoms with Crippen molar-refractivity contribution in [2.24, 2.45) is 0 Å². The lowest BCUT2D eigenvalue weighted by Gasteiger charge is -2.34. The van der Waals surface area contributed by atoms with Crippen LogP contribution >= 0.6 is 0 Å². The number of nitrogens with one attached hydrogen (secondary N) is 1. The van der Waals surface area contributed by atoms with Gasteiger partial charge in [-0.25, -0.2) is 4.98 Å². The molecule has 4 aromatic rings. The van der Waals surface area contributed by atoms with Crippen molar-refractivity contribution >= 4 is 28.2 Å². The average molecular weight is 454 g/mol. The van der Waals surface area contributed by atoms with E-state index in [2.05, 4.69) is 27.1 Å². The predicted octanol–water partition coefficient (Wildman–Crippen LogP) is 3.70. The lowest BCUT2D eigenvalue weighted by atomic mass is 10.1. The summed E-state index contributed by atoms with van der Waals surface area (Å²) in [5, 5.41) is 3.52. The molecular weight excluding hydrogens is 426 g/mol. The van der Waals surface area contributed by atoms with Crippen molar-refractivity contribution in [1.82, 2.24) is 14.5 Å². The number of aromatic nitrogens is 2. The first-order valence-corrected chi connectivity index (χ1v) is 11.4. The molecule has 0 unspecified atom stereocenters. The molecule has 0 saturated carbocycles. The zero-order chi connectivity index (χ0) is 23.7. The van der Waals surface area contributed by atoms with E-state index < -0.39 is 0 Å². The fourth-order valence-electron chi connectivity index (χ4n) is 4.33. The third-order valence-electron chi connectivity index (χ3n) is 6.32. The van der Waals surface area contributed by atoms with Gasteiger partial charge in [0.15, 0.2) is 0 Å². The summed E-state index contributed by atoms with van der Waals surface area (Å²) in [7, 11) is 2.14. The Morgan fingerprint density at radius 3 is 2.21 bits per heavy atom. The molecule has 0 spiro atoms. The Kier molecular flexibility index (Phi) is 5.86. The van der Waals surface area contributed by atoms with E-state index in [0.29, 0.717) is 28.0 Å². The Bertz CT molecular complexity index is 1390. The van der Waals surface area contributed by atoms with E-state index >= 15 is 0 Å². The normalized spacial score (nSPS) is 14.4. The lowest BCUT2D eigenvalue weighted by molar-refractivity contribution is 0.102. The van der Waals surface area contributed by atoms with Gasteiger partial charge in [0, 0.05) is 43.1 Å². The van der Waals surface area contributed by atoms with Crippen LogP contribution in [0.3, 0.4) is 0 Å². The Morgan fingerprint density at radius 1 is 0.853 bits per heavy atom. The van der Waals surface area contributed by atoms with Crippen LogP contribution in [0, 0.1) is 6.92 Å². The number of carbonyl (C=O) groups is 1. The lowest BCUT2D eigenvalue weighted by Crippen LogP contribution is -2.44. The van der Waals surface area contributed by atoms with Gasteiger partial charge >= 0.3 is 0 Å². The van der Waals surface area contributed by atoms with Gasteiger partial charge in [0.1, 0.15) is 5.82 Å². The molecule has 5 rings (SSSR count). The van der Waals surface area contributed by atoms with Gasteiger partial charge in [-0.3, -0.25) is 14.2 Å². The molecule has 0 radical (unpaired) electrons. The number of carbonyl (C=O) groups excluding carboxylic acids is 1. The van der Waals surface area contributed by atoms with Crippen LogP contribution in [0.2, 0.25) is 0 Å². The molecular formula is C27H27N5O2. The van der Waals surface area contributed by atoms with Crippen LogP contribution in [0.1, 0.15) is 16.2 Å². The number of amides is 1. The maximum absolute atomic E-state index is 13.0. The molecule has 0 atom stereocenters. The highest BCUT2D eigenvalue weighted by Gasteiger charge is 2.15. The number of piperazine rings is 1. The van der Waals surface area contributed by atoms with Crippen molar-refractivity contribution in [2.45, 2.75) is 6.92 Å². The molecule has 1 aromatic heterocycles. The van der Waals surface area contributed by atoms with Crippen LogP contribution in [0.5, 0.6) is 0 Å². The number of hydrogen-bond acceptors (Lipinski definition) is 5. The topological polar surface area (TPSA) is 70.5 Å². The van der Waals surface area contributed by atoms with Crippen molar-refractivity contribution < 1.29 is 4.79 Å². The number of hydrogen-bond donors (Lipinski definition) is 1. The van der Waals surface area contributed by atoms with Crippen molar-refractivity contribution in [3.05, 3.63) is 94.5 Å². The van der Waals surface area contributed by atoms with E-state index in [1.807, 2.05) is 42.5 Å². The van der Waals surface area contributed by atoms with Gasteiger partial charge in [0.2, 0.25) is 0 Å². The van der Waals surface area contributed by atoms with Crippen LogP contribution in [-0.2, 0) is 0 Å². The van der Waals surface area contributed by atoms with E-state index in [0.717, 1.165) is 31.9 Å². The quantitative estimate of drug-likeness (QED) is 0.510. The number of benzene rings is 3. The highest BCUT2D eigenvalue weighted by molar-refractivity contribution is 6.04. The molecule has 34 heavy (non-hydrogen) atoms. The van der Waals surface area contributed by atoms with Gasteiger partial charge in [-0.1, -0.05) is 12.1 Å². The van der Waals surface area contributed by atoms with Gasteiger partial charge in [0.25, 0.3) is 11.5 Å². The summed E-state index contributed by atoms with van der Waals surface area (Å²) in [5.74, 6) is 0.404. The van der Waals surface area contributed by atoms with Crippen molar-refractivity contribution in [1.29, 1.82) is 0 Å². The van der Waals surface area contributed by atoms with Gasteiger partial charge in [-0.2, -0.15) is 0 Å². The first kappa shape index (κ1) is 21.9. The molecule has 0 bridgehead atoms. The van der Waals surface area contributed by atoms with Crippen molar-refractivity contribution in [3.8, 4) is 5.69 Å². The van der Waals surface area contributed by atoms with Crippen LogP contribution in [-0.4, -0.2) is 53.6 Å². The number of nitrogens with zero attached hydrogens (tertiary/aromatic N) is 4. The number of para-hydroxylation sites is 1. The SMILES string of the molecule is Cc1nc2ccccc2c(=O)n1-c1ccc(C(=O)Nc2ccc(N3CCN(C)CC3)cc2)cc1. The molecule has 3 aromatic carbocycles. The zero-order valence-corrected chi connectivity index (χ0v) is 19.4. The summed E-state index contributed by atoms with van der Waals surface area (Å²) in [6.45, 7) is 5.92. The number of likely N-dealkylation sites (N-methyl/N-ethyl adjacent to an activating group) is 1. The van der Waals surface area contributed by atoms with Gasteiger partial charge in [-0.15, -0.1) is 0 Å². The predicted molar refractivity (Wildman–Crippen MR) is 136 cm³/mol. The minimum Gasteiger partial charge on any atom is -0.369 e. The second-order valence-electron chi connectivity index (χ2n) is 8.65. The third kappa shape index (κ3) is 4.30. The fraction of sp³-hybridized carbons (Fsp3) is 0.222. The van der Waals surface area contributed by atoms with Crippen molar-refractivity contribution in [3.63, 3.8) is 0 Å². The second kappa shape index (κ2) is 9.11. The minimum atomic E-state index is -0.195. The molecule has 1 aliphatic rings. The van der Waals surface area contributed by atoms with Crippen LogP contribution in [0.15, 0.2) is 77.6 Å². The van der Waals surface area contributed by atoms with Crippen LogP contribution < -0.4 is 15.8 Å². The second-order valence-corrected chi connectivity index (χ2v) is 8.65. The third-order valence-corrected chi connectivity index (χ3v) is 6.32. The van der Waals surface area contributed by atoms with Crippen LogP contribution in [0.4, 0.5) is 11.4 Å². The first-order valence-electron chi connectivity index (χ1n) is 11.4. The number of aryl methyl sites for hydroxylation is 1. The van der Waals surface area contributed by atoms with Crippen molar-refractivity contribution in [2.75, 3.05) is 43.4 Å². The maximum Gasteiger partial charge on any atom is 0.265 e. The fourth-order valence-corrected chi connectivity index (χ4v) is 4.33. The number of rotatable bonds is 4. The average Bonchev–Trinajstić information content (AvgIpc) is 2.85. The molecule has 2 heterocycles. The van der Waals surface area contributed by atoms with Crippen LogP contribution in [0.25, 0.3) is 16.6 Å². The molecule has 172 valence electrons. The monoisotopic (exact) mass is 453 g/mol. The zero-order valence-electron chi connectivity index (χ0n) is 19.4. The maximum atomic E-state index is 13.0. The minimum absolute atomic E-state index is 0.124. The molecule has 1 N–H and O–H groups in total. The van der Waals surface area contributed by atoms with Gasteiger partial charge < -0.3 is 15.1 Å². The summed E-state index contributed by atoms with van der Waals surface area (Å²) < 4.78 is 1.57. The summed E-state index contributed by atoms with van der Waals surface area (Å²) in [5.41, 5.74) is 3.66. The summed E-state index contributed by atoms with van der Waals surface area (Å²) >= 11 is 0. The molecule has 1 amide bonds. The first-order chi connectivity index (χ1) is 16.5. The highest BCUT2D eigenvalue weighted by Crippen LogP contribution is 2.20. The number of anilines is 2. The standard InChI is InChI=1S/C27H27N5O2/c1-19-28-25-6-4-3-5-24(25)27(34)32(19)23-11-7-20(8-12-23)26(33)29-21-9-13-22(14-10-21)31-17-15-30(2)16-18-31/h3-14H,15-18H2,1-2H3,(H,29,33). The van der Waals surface area contributed by atoms with E-state index in [1.54, 1.807) is 41.8 Å². The summed E-state index contributed by atoms with van der Waals surface area (Å²) in [6.07, 6.45) is 0. The van der Waals surface area contributed by atoms with Gasteiger partial charge in [0.05, 0.1) is 16.6 Å². The summed E-state index contributed by atoms with van der Waals surface area (Å²) in [6, 6.07) is 22.3. The molecule has 7 heteroatoms. The summed E-state index contributed by atoms with van der Waals surface area (Å²) in [4.78, 5) is 35.0.